The quantitative estimate of drug-likeness (QED) is 0.301. The van der Waals surface area contributed by atoms with Gasteiger partial charge in [0, 0.05) is 37.6 Å². The van der Waals surface area contributed by atoms with Crippen LogP contribution < -0.4 is 16.0 Å². The van der Waals surface area contributed by atoms with Crippen LogP contribution in [0.25, 0.3) is 0 Å². The van der Waals surface area contributed by atoms with Crippen molar-refractivity contribution in [2.45, 2.75) is 95.2 Å². The molecule has 1 aliphatic heterocycles. The van der Waals surface area contributed by atoms with Gasteiger partial charge in [0.1, 0.15) is 12.1 Å². The van der Waals surface area contributed by atoms with E-state index in [1.165, 1.54) is 23.7 Å². The molecule has 0 spiro atoms. The van der Waals surface area contributed by atoms with Crippen molar-refractivity contribution >= 4 is 41.3 Å². The molecular formula is C29H44N4O5S. The molecule has 0 aliphatic carbocycles. The molecule has 0 aromatic heterocycles. The highest BCUT2D eigenvalue weighted by atomic mass is 32.2. The van der Waals surface area contributed by atoms with Crippen LogP contribution in [0, 0.1) is 5.92 Å². The first-order valence-corrected chi connectivity index (χ1v) is 14.6. The highest BCUT2D eigenvalue weighted by molar-refractivity contribution is 8.01. The predicted molar refractivity (Wildman–Crippen MR) is 154 cm³/mol. The van der Waals surface area contributed by atoms with Crippen molar-refractivity contribution in [2.75, 3.05) is 13.6 Å². The lowest BCUT2D eigenvalue weighted by Gasteiger charge is -2.29. The molecule has 1 fully saturated rings. The number of carbonyl (C=O) groups excluding carboxylic acids is 5. The average molecular weight is 561 g/mol. The van der Waals surface area contributed by atoms with Crippen molar-refractivity contribution in [3.63, 3.8) is 0 Å². The van der Waals surface area contributed by atoms with E-state index in [0.717, 1.165) is 5.56 Å². The number of hydrogen-bond donors (Lipinski definition) is 3. The normalized spacial score (nSPS) is 16.1. The molecule has 1 unspecified atom stereocenters. The van der Waals surface area contributed by atoms with Gasteiger partial charge in [0.25, 0.3) is 0 Å². The highest BCUT2D eigenvalue weighted by Gasteiger charge is 2.33. The summed E-state index contributed by atoms with van der Waals surface area (Å²) < 4.78 is -0.225. The highest BCUT2D eigenvalue weighted by Crippen LogP contribution is 2.31. The van der Waals surface area contributed by atoms with Gasteiger partial charge in [-0.05, 0) is 30.7 Å². The van der Waals surface area contributed by atoms with Crippen molar-refractivity contribution in [1.82, 2.24) is 20.9 Å². The van der Waals surface area contributed by atoms with Crippen molar-refractivity contribution in [2.24, 2.45) is 5.92 Å². The van der Waals surface area contributed by atoms with Crippen molar-refractivity contribution < 1.29 is 24.0 Å². The third-order valence-corrected chi connectivity index (χ3v) is 7.73. The Morgan fingerprint density at radius 3 is 2.05 bits per heavy atom. The van der Waals surface area contributed by atoms with Gasteiger partial charge in [0.15, 0.2) is 0 Å². The zero-order chi connectivity index (χ0) is 29.2. The first-order valence-electron chi connectivity index (χ1n) is 13.7. The monoisotopic (exact) mass is 560 g/mol. The molecule has 1 saturated heterocycles. The minimum Gasteiger partial charge on any atom is -0.357 e. The Labute approximate surface area is 236 Å². The third kappa shape index (κ3) is 11.0. The summed E-state index contributed by atoms with van der Waals surface area (Å²) in [6.07, 6.45) is 2.17. The van der Waals surface area contributed by atoms with Crippen molar-refractivity contribution in [1.29, 1.82) is 0 Å². The zero-order valence-electron chi connectivity index (χ0n) is 24.0. The van der Waals surface area contributed by atoms with E-state index >= 15 is 0 Å². The van der Waals surface area contributed by atoms with Gasteiger partial charge < -0.3 is 16.0 Å². The smallest absolute Gasteiger partial charge is 0.243 e. The molecule has 39 heavy (non-hydrogen) atoms. The van der Waals surface area contributed by atoms with Crippen LogP contribution in [0.2, 0.25) is 0 Å². The largest absolute Gasteiger partial charge is 0.357 e. The molecule has 216 valence electrons. The second-order valence-electron chi connectivity index (χ2n) is 11.4. The minimum absolute atomic E-state index is 0.120. The Morgan fingerprint density at radius 2 is 1.51 bits per heavy atom. The van der Waals surface area contributed by atoms with Crippen LogP contribution in [0.15, 0.2) is 30.3 Å². The van der Waals surface area contributed by atoms with E-state index in [0.29, 0.717) is 25.7 Å². The van der Waals surface area contributed by atoms with E-state index in [1.807, 2.05) is 65.0 Å². The van der Waals surface area contributed by atoms with E-state index in [1.54, 1.807) is 0 Å². The third-order valence-electron chi connectivity index (χ3n) is 6.29. The summed E-state index contributed by atoms with van der Waals surface area (Å²) in [4.78, 5) is 64.7. The first-order chi connectivity index (χ1) is 18.3. The molecule has 0 bridgehead atoms. The number of hydrogen-bond acceptors (Lipinski definition) is 6. The first kappa shape index (κ1) is 32.3. The molecule has 0 saturated carbocycles. The Hall–Kier alpha value is -2.88. The van der Waals surface area contributed by atoms with Crippen LogP contribution in [0.5, 0.6) is 0 Å². The molecule has 9 nitrogen and oxygen atoms in total. The van der Waals surface area contributed by atoms with Gasteiger partial charge in [0.05, 0.1) is 5.25 Å². The maximum Gasteiger partial charge on any atom is 0.243 e. The number of likely N-dealkylation sites (N-methyl/N-ethyl adjacent to an activating group) is 1. The molecule has 3 atom stereocenters. The number of imide groups is 1. The lowest BCUT2D eigenvalue weighted by Crippen LogP contribution is -2.55. The summed E-state index contributed by atoms with van der Waals surface area (Å²) >= 11 is 1.49. The number of likely N-dealkylation sites (tertiary alicyclic amines) is 1. The van der Waals surface area contributed by atoms with Gasteiger partial charge in [-0.1, -0.05) is 65.0 Å². The summed E-state index contributed by atoms with van der Waals surface area (Å²) in [5.74, 6) is -1.20. The molecule has 3 N–H and O–H groups in total. The zero-order valence-corrected chi connectivity index (χ0v) is 24.9. The van der Waals surface area contributed by atoms with E-state index in [4.69, 9.17) is 0 Å². The Bertz CT molecular complexity index is 993. The summed E-state index contributed by atoms with van der Waals surface area (Å²) in [6.45, 7) is 10.3. The van der Waals surface area contributed by atoms with Gasteiger partial charge in [-0.3, -0.25) is 28.9 Å². The lowest BCUT2D eigenvalue weighted by atomic mass is 10.0. The van der Waals surface area contributed by atoms with Crippen LogP contribution in [-0.4, -0.2) is 70.1 Å². The van der Waals surface area contributed by atoms with Crippen molar-refractivity contribution in [3.8, 4) is 0 Å². The summed E-state index contributed by atoms with van der Waals surface area (Å²) in [7, 11) is 1.53. The Morgan fingerprint density at radius 1 is 0.923 bits per heavy atom. The fourth-order valence-corrected chi connectivity index (χ4v) is 5.76. The topological polar surface area (TPSA) is 125 Å². The lowest BCUT2D eigenvalue weighted by molar-refractivity contribution is -0.138. The maximum atomic E-state index is 13.5. The van der Waals surface area contributed by atoms with Crippen LogP contribution in [0.4, 0.5) is 0 Å². The molecule has 1 aromatic carbocycles. The Kier molecular flexibility index (Phi) is 12.5. The molecular weight excluding hydrogens is 516 g/mol. The van der Waals surface area contributed by atoms with Gasteiger partial charge in [-0.25, -0.2) is 0 Å². The SMILES string of the molecule is CNC(=O)[C@H](Cc1ccccc1)NC(=O)[C@H](CC(C)C)NC(=O)C(CCCN1C(=O)CCC1=O)SC(C)(C)C. The molecule has 1 aromatic rings. The van der Waals surface area contributed by atoms with Gasteiger partial charge in [-0.2, -0.15) is 0 Å². The number of benzene rings is 1. The van der Waals surface area contributed by atoms with Gasteiger partial charge in [-0.15, -0.1) is 11.8 Å². The number of carbonyl (C=O) groups is 5. The second kappa shape index (κ2) is 15.1. The summed E-state index contributed by atoms with van der Waals surface area (Å²) in [5, 5.41) is 7.93. The van der Waals surface area contributed by atoms with Crippen LogP contribution in [-0.2, 0) is 30.4 Å². The van der Waals surface area contributed by atoms with E-state index in [2.05, 4.69) is 16.0 Å². The molecule has 5 amide bonds. The van der Waals surface area contributed by atoms with Crippen LogP contribution in [0.3, 0.4) is 0 Å². The number of thioether (sulfide) groups is 1. The number of nitrogens with zero attached hydrogens (tertiary/aromatic N) is 1. The molecule has 1 heterocycles. The Balaban J connectivity index is 2.12. The average Bonchev–Trinajstić information content (AvgIpc) is 3.18. The second-order valence-corrected chi connectivity index (χ2v) is 13.4. The number of amides is 5. The fraction of sp³-hybridized carbons (Fsp3) is 0.621. The number of rotatable bonds is 14. The predicted octanol–water partition coefficient (Wildman–Crippen LogP) is 2.82. The van der Waals surface area contributed by atoms with E-state index < -0.39 is 23.2 Å². The van der Waals surface area contributed by atoms with Crippen molar-refractivity contribution in [3.05, 3.63) is 35.9 Å². The fourth-order valence-electron chi connectivity index (χ4n) is 4.45. The summed E-state index contributed by atoms with van der Waals surface area (Å²) in [5.41, 5.74) is 0.910. The maximum absolute atomic E-state index is 13.5. The molecule has 1 aliphatic rings. The standard InChI is InChI=1S/C29H44N4O5S/c1-19(2)17-21(27(37)31-22(26(36)30-6)18-20-11-8-7-9-12-20)32-28(38)23(39-29(3,4)5)13-10-16-33-24(34)14-15-25(33)35/h7-9,11-12,19,21-23H,10,13-18H2,1-6H3,(H,30,36)(H,31,37)(H,32,38)/t21-,22-,23?/m0/s1. The van der Waals surface area contributed by atoms with Crippen LogP contribution >= 0.6 is 11.8 Å². The van der Waals surface area contributed by atoms with Crippen LogP contribution in [0.1, 0.15) is 72.3 Å². The van der Waals surface area contributed by atoms with Gasteiger partial charge in [0.2, 0.25) is 29.5 Å². The van der Waals surface area contributed by atoms with E-state index in [9.17, 15) is 24.0 Å². The molecule has 10 heteroatoms. The molecule has 0 radical (unpaired) electrons. The number of nitrogens with one attached hydrogen (secondary N) is 3. The van der Waals surface area contributed by atoms with E-state index in [-0.39, 0.29) is 53.7 Å². The minimum atomic E-state index is -0.815. The van der Waals surface area contributed by atoms with Gasteiger partial charge >= 0.3 is 0 Å². The summed E-state index contributed by atoms with van der Waals surface area (Å²) in [6, 6.07) is 7.83. The molecule has 2 rings (SSSR count).